The van der Waals surface area contributed by atoms with Gasteiger partial charge in [0.1, 0.15) is 5.69 Å². The number of carbonyl (C=O) groups is 2. The third kappa shape index (κ3) is 4.04. The van der Waals surface area contributed by atoms with Crippen molar-refractivity contribution in [1.82, 2.24) is 10.3 Å². The van der Waals surface area contributed by atoms with Gasteiger partial charge in [-0.1, -0.05) is 0 Å². The largest absolute Gasteiger partial charge is 0.478 e. The number of aromatic carboxylic acids is 1. The number of hydrogen-bond acceptors (Lipinski definition) is 3. The number of carboxylic acids is 1. The first kappa shape index (κ1) is 13.9. The van der Waals surface area contributed by atoms with E-state index in [2.05, 4.69) is 4.98 Å². The van der Waals surface area contributed by atoms with Crippen LogP contribution in [0.1, 0.15) is 27.3 Å². The van der Waals surface area contributed by atoms with Gasteiger partial charge in [-0.25, -0.2) is 4.79 Å². The van der Waals surface area contributed by atoms with Gasteiger partial charge in [0.2, 0.25) is 0 Å². The van der Waals surface area contributed by atoms with Crippen LogP contribution in [-0.2, 0) is 0 Å². The van der Waals surface area contributed by atoms with E-state index in [9.17, 15) is 22.8 Å². The minimum absolute atomic E-state index is 0.359. The van der Waals surface area contributed by atoms with Gasteiger partial charge in [0.25, 0.3) is 5.91 Å². The summed E-state index contributed by atoms with van der Waals surface area (Å²) in [6, 6.07) is 2.46. The first-order valence-electron chi connectivity index (χ1n) is 4.84. The molecule has 0 saturated carbocycles. The maximum atomic E-state index is 11.9. The molecule has 0 aliphatic heterocycles. The summed E-state index contributed by atoms with van der Waals surface area (Å²) < 4.78 is 35.6. The summed E-state index contributed by atoms with van der Waals surface area (Å²) in [6.07, 6.45) is -4.38. The molecule has 1 rings (SSSR count). The topological polar surface area (TPSA) is 79.3 Å². The van der Waals surface area contributed by atoms with E-state index < -0.39 is 36.7 Å². The fourth-order valence-electron chi connectivity index (χ4n) is 1.16. The second kappa shape index (κ2) is 5.48. The monoisotopic (exact) mass is 262 g/mol. The third-order valence-electron chi connectivity index (χ3n) is 1.95. The molecule has 1 amide bonds. The highest BCUT2D eigenvalue weighted by molar-refractivity contribution is 6.03. The molecule has 18 heavy (non-hydrogen) atoms. The highest BCUT2D eigenvalue weighted by atomic mass is 19.4. The minimum atomic E-state index is -4.38. The van der Waals surface area contributed by atoms with Crippen molar-refractivity contribution >= 4 is 11.9 Å². The lowest BCUT2D eigenvalue weighted by Gasteiger charge is -2.08. The van der Waals surface area contributed by atoms with Crippen molar-refractivity contribution in [2.45, 2.75) is 12.6 Å². The summed E-state index contributed by atoms with van der Waals surface area (Å²) >= 11 is 0. The van der Waals surface area contributed by atoms with Crippen LogP contribution in [0.2, 0.25) is 0 Å². The van der Waals surface area contributed by atoms with Crippen LogP contribution in [0.3, 0.4) is 0 Å². The zero-order chi connectivity index (χ0) is 13.8. The van der Waals surface area contributed by atoms with Crippen LogP contribution in [0.15, 0.2) is 18.3 Å². The molecular formula is C10H9F3N2O3. The van der Waals surface area contributed by atoms with Gasteiger partial charge in [0, 0.05) is 12.7 Å². The Morgan fingerprint density at radius 1 is 1.39 bits per heavy atom. The van der Waals surface area contributed by atoms with E-state index in [-0.39, 0.29) is 5.56 Å². The van der Waals surface area contributed by atoms with Crippen molar-refractivity contribution in [1.29, 1.82) is 0 Å². The number of halogens is 3. The lowest BCUT2D eigenvalue weighted by atomic mass is 10.2. The Hall–Kier alpha value is -2.12. The highest BCUT2D eigenvalue weighted by Crippen LogP contribution is 2.18. The molecule has 8 heteroatoms. The molecule has 0 atom stereocenters. The second-order valence-electron chi connectivity index (χ2n) is 3.33. The number of pyridine rings is 1. The molecule has 0 saturated heterocycles. The summed E-state index contributed by atoms with van der Waals surface area (Å²) in [5, 5.41) is 10.7. The Labute approximate surface area is 99.6 Å². The fraction of sp³-hybridized carbons (Fsp3) is 0.300. The average molecular weight is 262 g/mol. The second-order valence-corrected chi connectivity index (χ2v) is 3.33. The number of nitrogens with zero attached hydrogens (tertiary/aromatic N) is 1. The van der Waals surface area contributed by atoms with E-state index in [1.165, 1.54) is 12.3 Å². The number of carbonyl (C=O) groups excluding carboxylic acids is 1. The first-order chi connectivity index (χ1) is 8.31. The molecule has 1 aromatic rings. The molecule has 1 heterocycles. The predicted molar refractivity (Wildman–Crippen MR) is 54.2 cm³/mol. The molecule has 0 radical (unpaired) electrons. The van der Waals surface area contributed by atoms with Gasteiger partial charge >= 0.3 is 12.1 Å². The summed E-state index contributed by atoms with van der Waals surface area (Å²) in [5.74, 6) is -2.32. The zero-order valence-corrected chi connectivity index (χ0v) is 8.99. The number of carboxylic acid groups (broad SMARTS) is 1. The number of amides is 1. The van der Waals surface area contributed by atoms with Gasteiger partial charge in [-0.15, -0.1) is 0 Å². The molecular weight excluding hydrogens is 253 g/mol. The van der Waals surface area contributed by atoms with Crippen molar-refractivity contribution in [2.75, 3.05) is 6.54 Å². The van der Waals surface area contributed by atoms with Crippen molar-refractivity contribution in [3.8, 4) is 0 Å². The summed E-state index contributed by atoms with van der Waals surface area (Å²) in [7, 11) is 0. The van der Waals surface area contributed by atoms with Gasteiger partial charge in [-0.2, -0.15) is 13.2 Å². The van der Waals surface area contributed by atoms with E-state index in [0.29, 0.717) is 0 Å². The first-order valence-corrected chi connectivity index (χ1v) is 4.84. The van der Waals surface area contributed by atoms with Crippen molar-refractivity contribution in [2.24, 2.45) is 0 Å². The van der Waals surface area contributed by atoms with E-state index >= 15 is 0 Å². The Morgan fingerprint density at radius 3 is 2.61 bits per heavy atom. The highest BCUT2D eigenvalue weighted by Gasteiger charge is 2.27. The van der Waals surface area contributed by atoms with E-state index in [4.69, 9.17) is 5.11 Å². The van der Waals surface area contributed by atoms with Gasteiger partial charge < -0.3 is 10.4 Å². The van der Waals surface area contributed by atoms with Crippen LogP contribution in [0.5, 0.6) is 0 Å². The Kier molecular flexibility index (Phi) is 4.24. The van der Waals surface area contributed by atoms with E-state index in [1.807, 2.05) is 5.32 Å². The number of rotatable bonds is 4. The van der Waals surface area contributed by atoms with E-state index in [0.717, 1.165) is 6.07 Å². The van der Waals surface area contributed by atoms with Crippen molar-refractivity contribution < 1.29 is 27.9 Å². The van der Waals surface area contributed by atoms with Gasteiger partial charge in [0.05, 0.1) is 12.0 Å². The Morgan fingerprint density at radius 2 is 2.06 bits per heavy atom. The summed E-state index contributed by atoms with van der Waals surface area (Å²) in [6.45, 7) is -0.627. The lowest BCUT2D eigenvalue weighted by molar-refractivity contribution is -0.133. The lowest BCUT2D eigenvalue weighted by Crippen LogP contribution is -2.30. The quantitative estimate of drug-likeness (QED) is 0.861. The number of hydrogen-bond donors (Lipinski definition) is 2. The van der Waals surface area contributed by atoms with Crippen molar-refractivity contribution in [3.63, 3.8) is 0 Å². The van der Waals surface area contributed by atoms with Crippen LogP contribution in [-0.4, -0.2) is 34.7 Å². The van der Waals surface area contributed by atoms with E-state index in [1.54, 1.807) is 0 Å². The number of nitrogens with one attached hydrogen (secondary N) is 1. The zero-order valence-electron chi connectivity index (χ0n) is 8.99. The molecule has 0 bridgehead atoms. The van der Waals surface area contributed by atoms with Crippen LogP contribution in [0.4, 0.5) is 13.2 Å². The minimum Gasteiger partial charge on any atom is -0.478 e. The van der Waals surface area contributed by atoms with Crippen LogP contribution >= 0.6 is 0 Å². The predicted octanol–water partition coefficient (Wildman–Crippen LogP) is 1.46. The van der Waals surface area contributed by atoms with Crippen molar-refractivity contribution in [3.05, 3.63) is 29.6 Å². The molecule has 0 fully saturated rings. The molecule has 0 aliphatic rings. The summed E-state index contributed by atoms with van der Waals surface area (Å²) in [5.41, 5.74) is -0.769. The molecule has 0 aliphatic carbocycles. The smallest absolute Gasteiger partial charge is 0.390 e. The van der Waals surface area contributed by atoms with Gasteiger partial charge in [0.15, 0.2) is 0 Å². The fourth-order valence-corrected chi connectivity index (χ4v) is 1.16. The van der Waals surface area contributed by atoms with Crippen LogP contribution in [0.25, 0.3) is 0 Å². The van der Waals surface area contributed by atoms with Crippen LogP contribution in [0, 0.1) is 0 Å². The third-order valence-corrected chi connectivity index (χ3v) is 1.95. The maximum Gasteiger partial charge on any atom is 0.390 e. The number of aromatic nitrogens is 1. The number of alkyl halides is 3. The molecule has 0 spiro atoms. The molecule has 0 aromatic carbocycles. The molecule has 2 N–H and O–H groups in total. The molecule has 5 nitrogen and oxygen atoms in total. The standard InChI is InChI=1S/C10H9F3N2O3/c11-10(12,13)3-5-15-8(16)7-6(9(17)18)2-1-4-14-7/h1-2,4H,3,5H2,(H,15,16)(H,17,18). The average Bonchev–Trinajstić information content (AvgIpc) is 2.27. The SMILES string of the molecule is O=C(O)c1cccnc1C(=O)NCCC(F)(F)F. The Balaban J connectivity index is 2.70. The normalized spacial score (nSPS) is 11.1. The summed E-state index contributed by atoms with van der Waals surface area (Å²) in [4.78, 5) is 25.8. The van der Waals surface area contributed by atoms with Crippen LogP contribution < -0.4 is 5.32 Å². The van der Waals surface area contributed by atoms with Gasteiger partial charge in [-0.05, 0) is 12.1 Å². The molecule has 98 valence electrons. The maximum absolute atomic E-state index is 11.9. The Bertz CT molecular complexity index is 460. The molecule has 1 aromatic heterocycles. The molecule has 0 unspecified atom stereocenters. The van der Waals surface area contributed by atoms with Gasteiger partial charge in [-0.3, -0.25) is 9.78 Å².